The zero-order valence-corrected chi connectivity index (χ0v) is 9.98. The van der Waals surface area contributed by atoms with Crippen LogP contribution >= 0.6 is 0 Å². The van der Waals surface area contributed by atoms with E-state index in [0.717, 1.165) is 5.69 Å². The molecule has 0 aromatic heterocycles. The molecule has 0 saturated carbocycles. The molecule has 1 aromatic carbocycles. The van der Waals surface area contributed by atoms with E-state index in [1.165, 1.54) is 14.3 Å². The van der Waals surface area contributed by atoms with Gasteiger partial charge in [0.15, 0.2) is 0 Å². The molecule has 1 heterocycles. The van der Waals surface area contributed by atoms with Crippen LogP contribution in [-0.2, 0) is 11.0 Å². The van der Waals surface area contributed by atoms with E-state index in [4.69, 9.17) is 0 Å². The highest BCUT2D eigenvalue weighted by molar-refractivity contribution is 7.82. The molecule has 1 unspecified atom stereocenters. The number of hydrazine groups is 1. The molecule has 1 atom stereocenters. The van der Waals surface area contributed by atoms with Crippen LogP contribution in [0.5, 0.6) is 0 Å². The third-order valence-electron chi connectivity index (χ3n) is 2.39. The molecule has 16 heavy (non-hydrogen) atoms. The summed E-state index contributed by atoms with van der Waals surface area (Å²) in [5.74, 6) is 0.235. The van der Waals surface area contributed by atoms with Gasteiger partial charge in [-0.1, -0.05) is 18.2 Å². The first-order chi connectivity index (χ1) is 7.61. The Kier molecular flexibility index (Phi) is 2.93. The molecule has 0 N–H and O–H groups in total. The van der Waals surface area contributed by atoms with Crippen molar-refractivity contribution in [3.05, 3.63) is 30.3 Å². The van der Waals surface area contributed by atoms with E-state index in [1.54, 1.807) is 14.1 Å². The van der Waals surface area contributed by atoms with Crippen LogP contribution < -0.4 is 5.01 Å². The monoisotopic (exact) mass is 239 g/mol. The van der Waals surface area contributed by atoms with E-state index in [0.29, 0.717) is 0 Å². The van der Waals surface area contributed by atoms with Gasteiger partial charge in [-0.2, -0.15) is 0 Å². The average Bonchev–Trinajstić information content (AvgIpc) is 2.28. The van der Waals surface area contributed by atoms with Crippen LogP contribution in [0.1, 0.15) is 0 Å². The van der Waals surface area contributed by atoms with Gasteiger partial charge in [-0.25, -0.2) is 14.0 Å². The minimum Gasteiger partial charge on any atom is -0.313 e. The van der Waals surface area contributed by atoms with Crippen molar-refractivity contribution in [2.75, 3.05) is 25.0 Å². The van der Waals surface area contributed by atoms with E-state index in [9.17, 15) is 9.00 Å². The lowest BCUT2D eigenvalue weighted by atomic mass is 10.3. The van der Waals surface area contributed by atoms with Crippen molar-refractivity contribution in [2.45, 2.75) is 0 Å². The van der Waals surface area contributed by atoms with Gasteiger partial charge in [0, 0.05) is 14.1 Å². The van der Waals surface area contributed by atoms with Crippen molar-refractivity contribution in [1.29, 1.82) is 0 Å². The van der Waals surface area contributed by atoms with Gasteiger partial charge in [0.05, 0.1) is 5.69 Å². The summed E-state index contributed by atoms with van der Waals surface area (Å²) in [6.45, 7) is 0. The number of rotatable bonds is 1. The molecule has 2 rings (SSSR count). The number of hydrogen-bond acceptors (Lipinski definition) is 2. The van der Waals surface area contributed by atoms with Gasteiger partial charge in [-0.15, -0.1) is 4.41 Å². The number of carbonyl (C=O) groups is 1. The number of hydrogen-bond donors (Lipinski definition) is 0. The molecule has 1 saturated heterocycles. The number of urea groups is 1. The quantitative estimate of drug-likeness (QED) is 0.734. The van der Waals surface area contributed by atoms with Gasteiger partial charge in [0.1, 0.15) is 16.9 Å². The van der Waals surface area contributed by atoms with E-state index < -0.39 is 11.0 Å². The van der Waals surface area contributed by atoms with Gasteiger partial charge >= 0.3 is 6.03 Å². The van der Waals surface area contributed by atoms with Gasteiger partial charge in [-0.05, 0) is 12.1 Å². The molecule has 2 amide bonds. The van der Waals surface area contributed by atoms with Crippen LogP contribution in [0.3, 0.4) is 0 Å². The van der Waals surface area contributed by atoms with E-state index in [-0.39, 0.29) is 11.9 Å². The van der Waals surface area contributed by atoms with Crippen LogP contribution in [0.4, 0.5) is 10.5 Å². The fraction of sp³-hybridized carbons (Fsp3) is 0.300. The lowest BCUT2D eigenvalue weighted by molar-refractivity contribution is 0.207. The normalized spacial score (nSPS) is 22.6. The van der Waals surface area contributed by atoms with E-state index in [1.807, 2.05) is 30.3 Å². The second-order valence-electron chi connectivity index (χ2n) is 3.54. The summed E-state index contributed by atoms with van der Waals surface area (Å²) in [5, 5.41) is 1.42. The minimum absolute atomic E-state index is 0.173. The Labute approximate surface area is 96.8 Å². The standard InChI is InChI=1S/C10H13N3O2S/c1-11-8-16(15)12(2)13(10(11)14)9-6-4-3-5-7-9/h3-7H,8H2,1-2H3. The van der Waals surface area contributed by atoms with Gasteiger partial charge in [0.2, 0.25) is 0 Å². The topological polar surface area (TPSA) is 43.9 Å². The second-order valence-corrected chi connectivity index (χ2v) is 4.97. The Hall–Kier alpha value is -1.40. The molecule has 86 valence electrons. The maximum Gasteiger partial charge on any atom is 0.340 e. The summed E-state index contributed by atoms with van der Waals surface area (Å²) in [6.07, 6.45) is 0. The summed E-state index contributed by atoms with van der Waals surface area (Å²) in [4.78, 5) is 13.4. The number of amides is 2. The maximum atomic E-state index is 12.0. The molecule has 1 aliphatic rings. The number of carbonyl (C=O) groups excluding carboxylic acids is 1. The van der Waals surface area contributed by atoms with Crippen LogP contribution in [0, 0.1) is 0 Å². The fourth-order valence-corrected chi connectivity index (χ4v) is 2.48. The Bertz CT molecular complexity index is 423. The lowest BCUT2D eigenvalue weighted by Crippen LogP contribution is -2.57. The fourth-order valence-electron chi connectivity index (χ4n) is 1.52. The molecule has 5 nitrogen and oxygen atoms in total. The number of anilines is 1. The van der Waals surface area contributed by atoms with Crippen molar-refractivity contribution >= 4 is 22.7 Å². The molecule has 0 radical (unpaired) electrons. The minimum atomic E-state index is -1.20. The van der Waals surface area contributed by atoms with E-state index in [2.05, 4.69) is 0 Å². The van der Waals surface area contributed by atoms with Crippen molar-refractivity contribution in [3.8, 4) is 0 Å². The van der Waals surface area contributed by atoms with Gasteiger partial charge in [-0.3, -0.25) is 0 Å². The van der Waals surface area contributed by atoms with Crippen molar-refractivity contribution in [1.82, 2.24) is 9.31 Å². The van der Waals surface area contributed by atoms with Crippen LogP contribution in [0.25, 0.3) is 0 Å². The average molecular weight is 239 g/mol. The summed E-state index contributed by atoms with van der Waals surface area (Å²) in [5.41, 5.74) is 0.718. The first-order valence-electron chi connectivity index (χ1n) is 4.83. The van der Waals surface area contributed by atoms with Crippen LogP contribution in [-0.4, -0.2) is 39.5 Å². The van der Waals surface area contributed by atoms with E-state index >= 15 is 0 Å². The maximum absolute atomic E-state index is 12.0. The molecule has 1 fully saturated rings. The first kappa shape index (κ1) is 11.1. The summed E-state index contributed by atoms with van der Waals surface area (Å²) >= 11 is 0. The van der Waals surface area contributed by atoms with Crippen molar-refractivity contribution in [3.63, 3.8) is 0 Å². The van der Waals surface area contributed by atoms with Crippen molar-refractivity contribution in [2.24, 2.45) is 0 Å². The largest absolute Gasteiger partial charge is 0.340 e. The van der Waals surface area contributed by atoms with Crippen molar-refractivity contribution < 1.29 is 9.00 Å². The highest BCUT2D eigenvalue weighted by Gasteiger charge is 2.33. The number of nitrogens with zero attached hydrogens (tertiary/aromatic N) is 3. The lowest BCUT2D eigenvalue weighted by Gasteiger charge is -2.38. The predicted molar refractivity (Wildman–Crippen MR) is 62.9 cm³/mol. The molecule has 0 bridgehead atoms. The van der Waals surface area contributed by atoms with Crippen LogP contribution in [0.15, 0.2) is 30.3 Å². The summed E-state index contributed by atoms with van der Waals surface area (Å²) in [6, 6.07) is 9.00. The SMILES string of the molecule is CN1CS(=O)N(C)N(c2ccccc2)C1=O. The third kappa shape index (κ3) is 1.81. The molecule has 1 aliphatic heterocycles. The van der Waals surface area contributed by atoms with Gasteiger partial charge < -0.3 is 4.90 Å². The molecular formula is C10H13N3O2S. The Morgan fingerprint density at radius 1 is 1.19 bits per heavy atom. The smallest absolute Gasteiger partial charge is 0.313 e. The Morgan fingerprint density at radius 2 is 1.81 bits per heavy atom. The Balaban J connectivity index is 2.37. The summed E-state index contributed by atoms with van der Waals surface area (Å²) < 4.78 is 13.2. The molecule has 0 aliphatic carbocycles. The first-order valence-corrected chi connectivity index (χ1v) is 6.11. The zero-order chi connectivity index (χ0) is 11.7. The third-order valence-corrected chi connectivity index (χ3v) is 3.75. The Morgan fingerprint density at radius 3 is 2.44 bits per heavy atom. The van der Waals surface area contributed by atoms with Crippen LogP contribution in [0.2, 0.25) is 0 Å². The summed E-state index contributed by atoms with van der Waals surface area (Å²) in [7, 11) is 2.09. The number of para-hydroxylation sites is 1. The second kappa shape index (κ2) is 4.23. The number of benzene rings is 1. The van der Waals surface area contributed by atoms with Gasteiger partial charge in [0.25, 0.3) is 0 Å². The molecule has 0 spiro atoms. The molecule has 6 heteroatoms. The zero-order valence-electron chi connectivity index (χ0n) is 9.16. The molecular weight excluding hydrogens is 226 g/mol. The highest BCUT2D eigenvalue weighted by Crippen LogP contribution is 2.21. The predicted octanol–water partition coefficient (Wildman–Crippen LogP) is 1.03. The highest BCUT2D eigenvalue weighted by atomic mass is 32.2. The molecule has 1 aromatic rings.